The molecule has 0 saturated heterocycles. The third kappa shape index (κ3) is 3.97. The van der Waals surface area contributed by atoms with E-state index in [1.165, 1.54) is 6.08 Å². The molecule has 0 spiro atoms. The number of nitrogen functional groups attached to an aromatic ring is 1. The standard InChI is InChI=1S/C30H30N6O2/c1-3-24(38)35-30-11-9-29(18-30,10-12-30)28-34-25(26-27(31)33-14-15-36(26)28)21-6-4-20(5-7-21)23(37)17-22-16-19(2)8-13-32-22/h3-8,13-16H,1,9-12,17-18H2,2H3,(H2,31,33)(H,35,38). The SMILES string of the molecule is C=CC(=O)NC12CCC(c3nc(-c4ccc(C(=O)Cc5cc(C)ccn5)cc4)c4c(N)nccn34)(CC1)C2. The number of aromatic nitrogens is 4. The molecule has 0 aliphatic heterocycles. The Morgan fingerprint density at radius 1 is 1.11 bits per heavy atom. The topological polar surface area (TPSA) is 115 Å². The van der Waals surface area contributed by atoms with Gasteiger partial charge in [-0.3, -0.25) is 19.0 Å². The summed E-state index contributed by atoms with van der Waals surface area (Å²) in [5, 5.41) is 3.20. The van der Waals surface area contributed by atoms with Crippen LogP contribution in [0.25, 0.3) is 16.8 Å². The number of fused-ring (bicyclic) bond motifs is 3. The van der Waals surface area contributed by atoms with Crippen molar-refractivity contribution in [3.63, 3.8) is 0 Å². The molecule has 2 bridgehead atoms. The van der Waals surface area contributed by atoms with Crippen LogP contribution >= 0.6 is 0 Å². The second kappa shape index (κ2) is 8.90. The van der Waals surface area contributed by atoms with Crippen molar-refractivity contribution in [3.05, 3.63) is 90.3 Å². The van der Waals surface area contributed by atoms with Gasteiger partial charge in [-0.2, -0.15) is 0 Å². The van der Waals surface area contributed by atoms with E-state index in [1.807, 2.05) is 49.5 Å². The van der Waals surface area contributed by atoms with E-state index in [0.717, 1.165) is 66.0 Å². The highest BCUT2D eigenvalue weighted by Crippen LogP contribution is 2.57. The highest BCUT2D eigenvalue weighted by atomic mass is 16.1. The van der Waals surface area contributed by atoms with Crippen LogP contribution in [0.3, 0.4) is 0 Å². The number of aryl methyl sites for hydroxylation is 1. The Morgan fingerprint density at radius 2 is 1.87 bits per heavy atom. The number of nitrogens with one attached hydrogen (secondary N) is 1. The number of hydrogen-bond acceptors (Lipinski definition) is 6. The number of imidazole rings is 1. The maximum absolute atomic E-state index is 12.9. The number of carbonyl (C=O) groups excluding carboxylic acids is 2. The predicted molar refractivity (Wildman–Crippen MR) is 146 cm³/mol. The fourth-order valence-corrected chi connectivity index (χ4v) is 6.41. The summed E-state index contributed by atoms with van der Waals surface area (Å²) < 4.78 is 2.07. The first-order valence-corrected chi connectivity index (χ1v) is 12.9. The van der Waals surface area contributed by atoms with Gasteiger partial charge in [-0.1, -0.05) is 30.8 Å². The lowest BCUT2D eigenvalue weighted by Gasteiger charge is -2.27. The van der Waals surface area contributed by atoms with Crippen molar-refractivity contribution in [2.24, 2.45) is 0 Å². The van der Waals surface area contributed by atoms with Gasteiger partial charge in [0.05, 0.1) is 6.42 Å². The molecule has 192 valence electrons. The maximum Gasteiger partial charge on any atom is 0.243 e. The lowest BCUT2D eigenvalue weighted by molar-refractivity contribution is -0.118. The summed E-state index contributed by atoms with van der Waals surface area (Å²) in [7, 11) is 0. The van der Waals surface area contributed by atoms with Crippen LogP contribution in [0.1, 0.15) is 59.5 Å². The molecule has 0 atom stereocenters. The normalized spacial score (nSPS) is 22.0. The molecule has 3 heterocycles. The molecule has 3 N–H and O–H groups in total. The Hall–Kier alpha value is -4.33. The van der Waals surface area contributed by atoms with Gasteiger partial charge >= 0.3 is 0 Å². The molecule has 4 aromatic rings. The van der Waals surface area contributed by atoms with E-state index in [0.29, 0.717) is 11.4 Å². The van der Waals surface area contributed by atoms with Crippen molar-refractivity contribution < 1.29 is 9.59 Å². The highest BCUT2D eigenvalue weighted by molar-refractivity contribution is 5.98. The number of anilines is 1. The molecule has 1 amide bonds. The van der Waals surface area contributed by atoms with Crippen molar-refractivity contribution in [2.45, 2.75) is 56.4 Å². The van der Waals surface area contributed by atoms with Crippen LogP contribution in [0.15, 0.2) is 67.6 Å². The van der Waals surface area contributed by atoms with Gasteiger partial charge in [-0.25, -0.2) is 9.97 Å². The average Bonchev–Trinajstić information content (AvgIpc) is 3.60. The summed E-state index contributed by atoms with van der Waals surface area (Å²) in [6.45, 7) is 5.60. The monoisotopic (exact) mass is 506 g/mol. The van der Waals surface area contributed by atoms with Gasteiger partial charge in [0.15, 0.2) is 5.78 Å². The van der Waals surface area contributed by atoms with Crippen molar-refractivity contribution in [3.8, 4) is 11.3 Å². The number of pyridine rings is 1. The lowest BCUT2D eigenvalue weighted by atomic mass is 9.83. The minimum absolute atomic E-state index is 0.0138. The average molecular weight is 507 g/mol. The van der Waals surface area contributed by atoms with Crippen LogP contribution in [-0.4, -0.2) is 36.6 Å². The molecule has 0 unspecified atom stereocenters. The number of nitrogens with two attached hydrogens (primary N) is 1. The molecule has 2 aliphatic carbocycles. The third-order valence-corrected chi connectivity index (χ3v) is 8.27. The summed E-state index contributed by atoms with van der Waals surface area (Å²) in [4.78, 5) is 38.9. The molecule has 6 rings (SSSR count). The molecule has 0 radical (unpaired) electrons. The zero-order valence-corrected chi connectivity index (χ0v) is 21.4. The van der Waals surface area contributed by atoms with Gasteiger partial charge < -0.3 is 11.1 Å². The zero-order chi connectivity index (χ0) is 26.5. The van der Waals surface area contributed by atoms with E-state index < -0.39 is 0 Å². The second-order valence-corrected chi connectivity index (χ2v) is 10.7. The van der Waals surface area contributed by atoms with E-state index in [-0.39, 0.29) is 29.1 Å². The molecular formula is C30H30N6O2. The van der Waals surface area contributed by atoms with E-state index in [1.54, 1.807) is 12.4 Å². The number of benzene rings is 1. The summed E-state index contributed by atoms with van der Waals surface area (Å²) in [5.74, 6) is 1.25. The van der Waals surface area contributed by atoms with Gasteiger partial charge in [0.25, 0.3) is 0 Å². The molecule has 2 saturated carbocycles. The minimum atomic E-state index is -0.218. The van der Waals surface area contributed by atoms with Crippen molar-refractivity contribution in [1.82, 2.24) is 24.7 Å². The van der Waals surface area contributed by atoms with Crippen molar-refractivity contribution in [1.29, 1.82) is 0 Å². The number of amides is 1. The summed E-state index contributed by atoms with van der Waals surface area (Å²) in [6.07, 6.45) is 11.5. The van der Waals surface area contributed by atoms with Crippen LogP contribution in [0.2, 0.25) is 0 Å². The van der Waals surface area contributed by atoms with Crippen molar-refractivity contribution in [2.75, 3.05) is 5.73 Å². The molecule has 3 aromatic heterocycles. The second-order valence-electron chi connectivity index (χ2n) is 10.7. The Morgan fingerprint density at radius 3 is 2.58 bits per heavy atom. The lowest BCUT2D eigenvalue weighted by Crippen LogP contribution is -2.44. The maximum atomic E-state index is 12.9. The molecule has 1 aromatic carbocycles. The zero-order valence-electron chi connectivity index (χ0n) is 21.4. The molecule has 38 heavy (non-hydrogen) atoms. The fraction of sp³-hybridized carbons (Fsp3) is 0.300. The van der Waals surface area contributed by atoms with E-state index in [9.17, 15) is 9.59 Å². The van der Waals surface area contributed by atoms with Crippen LogP contribution in [0, 0.1) is 6.92 Å². The Bertz CT molecular complexity index is 1580. The van der Waals surface area contributed by atoms with Gasteiger partial charge in [0.2, 0.25) is 5.91 Å². The van der Waals surface area contributed by atoms with E-state index in [2.05, 4.69) is 26.3 Å². The minimum Gasteiger partial charge on any atom is -0.382 e. The number of nitrogens with zero attached hydrogens (tertiary/aromatic N) is 4. The van der Waals surface area contributed by atoms with Crippen LogP contribution in [0.4, 0.5) is 5.82 Å². The van der Waals surface area contributed by atoms with Crippen molar-refractivity contribution >= 4 is 23.0 Å². The highest BCUT2D eigenvalue weighted by Gasteiger charge is 2.57. The molecule has 2 aliphatic rings. The first-order chi connectivity index (χ1) is 18.3. The third-order valence-electron chi connectivity index (χ3n) is 8.27. The Labute approximate surface area is 221 Å². The van der Waals surface area contributed by atoms with E-state index in [4.69, 9.17) is 10.7 Å². The number of hydrogen-bond donors (Lipinski definition) is 2. The number of rotatable bonds is 7. The van der Waals surface area contributed by atoms with Crippen LogP contribution in [-0.2, 0) is 16.6 Å². The molecule has 8 heteroatoms. The fourth-order valence-electron chi connectivity index (χ4n) is 6.41. The van der Waals surface area contributed by atoms with Gasteiger partial charge in [0.1, 0.15) is 22.9 Å². The number of ketones is 1. The smallest absolute Gasteiger partial charge is 0.243 e. The first-order valence-electron chi connectivity index (χ1n) is 12.9. The first kappa shape index (κ1) is 24.0. The van der Waals surface area contributed by atoms with Gasteiger partial charge in [0, 0.05) is 46.4 Å². The number of Topliss-reactive ketones (excluding diaryl/α,β-unsaturated/α-hetero) is 1. The summed E-state index contributed by atoms with van der Waals surface area (Å²) in [5.41, 5.74) is 10.9. The Balaban J connectivity index is 1.34. The number of carbonyl (C=O) groups is 2. The quantitative estimate of drug-likeness (QED) is 0.284. The Kier molecular flexibility index (Phi) is 5.63. The molecular weight excluding hydrogens is 476 g/mol. The summed E-state index contributed by atoms with van der Waals surface area (Å²) >= 11 is 0. The summed E-state index contributed by atoms with van der Waals surface area (Å²) in [6, 6.07) is 11.4. The largest absolute Gasteiger partial charge is 0.382 e. The van der Waals surface area contributed by atoms with Crippen LogP contribution < -0.4 is 11.1 Å². The van der Waals surface area contributed by atoms with E-state index >= 15 is 0 Å². The molecule has 8 nitrogen and oxygen atoms in total. The predicted octanol–water partition coefficient (Wildman–Crippen LogP) is 4.36. The molecule has 2 fully saturated rings. The van der Waals surface area contributed by atoms with Crippen LogP contribution in [0.5, 0.6) is 0 Å². The van der Waals surface area contributed by atoms with Gasteiger partial charge in [-0.15, -0.1) is 0 Å². The van der Waals surface area contributed by atoms with Gasteiger partial charge in [-0.05, 0) is 62.8 Å².